The zero-order valence-electron chi connectivity index (χ0n) is 12.3. The Balaban J connectivity index is 1.93. The topological polar surface area (TPSA) is 48.1 Å². The van der Waals surface area contributed by atoms with E-state index in [0.29, 0.717) is 12.1 Å². The molecule has 0 saturated carbocycles. The lowest BCUT2D eigenvalue weighted by atomic mass is 10.1. The number of amides is 1. The SMILES string of the molecule is CCCN(CC)CCNC(=O)c1cccc2cc[nH]c12. The van der Waals surface area contributed by atoms with Gasteiger partial charge in [0.1, 0.15) is 0 Å². The predicted octanol–water partition coefficient (Wildman–Crippen LogP) is 2.63. The van der Waals surface area contributed by atoms with Gasteiger partial charge in [-0.25, -0.2) is 0 Å². The number of nitrogens with zero attached hydrogens (tertiary/aromatic N) is 1. The van der Waals surface area contributed by atoms with Gasteiger partial charge in [-0.3, -0.25) is 4.79 Å². The average Bonchev–Trinajstić information content (AvgIpc) is 2.94. The Labute approximate surface area is 120 Å². The molecule has 1 heterocycles. The fourth-order valence-electron chi connectivity index (χ4n) is 2.44. The lowest BCUT2D eigenvalue weighted by Crippen LogP contribution is -2.35. The molecule has 0 spiro atoms. The average molecular weight is 273 g/mol. The second kappa shape index (κ2) is 7.10. The van der Waals surface area contributed by atoms with Gasteiger partial charge in [-0.2, -0.15) is 0 Å². The molecule has 2 rings (SSSR count). The van der Waals surface area contributed by atoms with Gasteiger partial charge in [-0.1, -0.05) is 26.0 Å². The molecule has 2 N–H and O–H groups in total. The molecule has 0 aliphatic carbocycles. The quantitative estimate of drug-likeness (QED) is 0.814. The van der Waals surface area contributed by atoms with Crippen LogP contribution in [0.3, 0.4) is 0 Å². The van der Waals surface area contributed by atoms with Crippen LogP contribution in [-0.4, -0.2) is 42.0 Å². The molecule has 0 bridgehead atoms. The molecule has 1 aromatic carbocycles. The fourth-order valence-corrected chi connectivity index (χ4v) is 2.44. The van der Waals surface area contributed by atoms with Crippen molar-refractivity contribution in [1.29, 1.82) is 0 Å². The highest BCUT2D eigenvalue weighted by Gasteiger charge is 2.10. The number of carbonyl (C=O) groups is 1. The van der Waals surface area contributed by atoms with Gasteiger partial charge in [0.25, 0.3) is 5.91 Å². The van der Waals surface area contributed by atoms with Crippen LogP contribution in [0.5, 0.6) is 0 Å². The first-order valence-electron chi connectivity index (χ1n) is 7.33. The summed E-state index contributed by atoms with van der Waals surface area (Å²) in [6.45, 7) is 8.01. The Bertz CT molecular complexity index is 562. The van der Waals surface area contributed by atoms with Gasteiger partial charge in [-0.05, 0) is 31.6 Å². The number of hydrogen-bond acceptors (Lipinski definition) is 2. The Hall–Kier alpha value is -1.81. The van der Waals surface area contributed by atoms with Crippen LogP contribution >= 0.6 is 0 Å². The molecule has 20 heavy (non-hydrogen) atoms. The maximum atomic E-state index is 12.2. The molecule has 0 aliphatic rings. The van der Waals surface area contributed by atoms with Gasteiger partial charge in [-0.15, -0.1) is 0 Å². The number of fused-ring (bicyclic) bond motifs is 1. The summed E-state index contributed by atoms with van der Waals surface area (Å²) in [6.07, 6.45) is 3.01. The van der Waals surface area contributed by atoms with Crippen molar-refractivity contribution in [3.63, 3.8) is 0 Å². The van der Waals surface area contributed by atoms with Crippen molar-refractivity contribution in [2.45, 2.75) is 20.3 Å². The minimum atomic E-state index is -0.00870. The largest absolute Gasteiger partial charge is 0.361 e. The van der Waals surface area contributed by atoms with E-state index in [2.05, 4.69) is 29.0 Å². The zero-order valence-corrected chi connectivity index (χ0v) is 12.3. The van der Waals surface area contributed by atoms with Gasteiger partial charge in [0.2, 0.25) is 0 Å². The van der Waals surface area contributed by atoms with E-state index in [0.717, 1.165) is 37.0 Å². The molecule has 0 atom stereocenters. The van der Waals surface area contributed by atoms with Crippen LogP contribution < -0.4 is 5.32 Å². The molecular formula is C16H23N3O. The molecule has 0 fully saturated rings. The number of rotatable bonds is 7. The molecule has 0 unspecified atom stereocenters. The van der Waals surface area contributed by atoms with Crippen molar-refractivity contribution >= 4 is 16.8 Å². The maximum Gasteiger partial charge on any atom is 0.253 e. The Morgan fingerprint density at radius 3 is 2.85 bits per heavy atom. The van der Waals surface area contributed by atoms with Crippen molar-refractivity contribution in [2.24, 2.45) is 0 Å². The van der Waals surface area contributed by atoms with Crippen LogP contribution in [0.4, 0.5) is 0 Å². The van der Waals surface area contributed by atoms with Crippen LogP contribution in [-0.2, 0) is 0 Å². The number of nitrogens with one attached hydrogen (secondary N) is 2. The maximum absolute atomic E-state index is 12.2. The van der Waals surface area contributed by atoms with Crippen molar-refractivity contribution in [2.75, 3.05) is 26.2 Å². The monoisotopic (exact) mass is 273 g/mol. The highest BCUT2D eigenvalue weighted by molar-refractivity contribution is 6.05. The van der Waals surface area contributed by atoms with Gasteiger partial charge >= 0.3 is 0 Å². The lowest BCUT2D eigenvalue weighted by Gasteiger charge is -2.19. The molecule has 4 heteroatoms. The van der Waals surface area contributed by atoms with E-state index in [-0.39, 0.29) is 5.91 Å². The molecule has 2 aromatic rings. The number of aromatic amines is 1. The minimum absolute atomic E-state index is 0.00870. The second-order valence-corrected chi connectivity index (χ2v) is 4.94. The zero-order chi connectivity index (χ0) is 14.4. The Kier molecular flexibility index (Phi) is 5.18. The van der Waals surface area contributed by atoms with E-state index in [9.17, 15) is 4.79 Å². The summed E-state index contributed by atoms with van der Waals surface area (Å²) in [5.74, 6) is -0.00870. The first-order valence-corrected chi connectivity index (χ1v) is 7.33. The van der Waals surface area contributed by atoms with Gasteiger partial charge in [0, 0.05) is 24.7 Å². The highest BCUT2D eigenvalue weighted by Crippen LogP contribution is 2.16. The number of H-pyrrole nitrogens is 1. The molecule has 0 radical (unpaired) electrons. The number of carbonyl (C=O) groups excluding carboxylic acids is 1. The normalized spacial score (nSPS) is 11.2. The molecule has 0 aliphatic heterocycles. The van der Waals surface area contributed by atoms with Crippen molar-refractivity contribution in [3.05, 3.63) is 36.0 Å². The Morgan fingerprint density at radius 1 is 1.25 bits per heavy atom. The van der Waals surface area contributed by atoms with Crippen molar-refractivity contribution in [1.82, 2.24) is 15.2 Å². The molecule has 4 nitrogen and oxygen atoms in total. The standard InChI is InChI=1S/C16H23N3O/c1-3-11-19(4-2)12-10-18-16(20)14-7-5-6-13-8-9-17-15(13)14/h5-9,17H,3-4,10-12H2,1-2H3,(H,18,20). The molecular weight excluding hydrogens is 250 g/mol. The first-order chi connectivity index (χ1) is 9.76. The number of benzene rings is 1. The summed E-state index contributed by atoms with van der Waals surface area (Å²) in [7, 11) is 0. The summed E-state index contributed by atoms with van der Waals surface area (Å²) >= 11 is 0. The van der Waals surface area contributed by atoms with E-state index in [1.807, 2.05) is 30.5 Å². The molecule has 1 aromatic heterocycles. The van der Waals surface area contributed by atoms with E-state index < -0.39 is 0 Å². The van der Waals surface area contributed by atoms with Crippen LogP contribution in [0.15, 0.2) is 30.5 Å². The summed E-state index contributed by atoms with van der Waals surface area (Å²) in [5, 5.41) is 4.07. The molecule has 108 valence electrons. The summed E-state index contributed by atoms with van der Waals surface area (Å²) < 4.78 is 0. The number of para-hydroxylation sites is 1. The summed E-state index contributed by atoms with van der Waals surface area (Å²) in [6, 6.07) is 7.76. The van der Waals surface area contributed by atoms with Crippen LogP contribution in [0.1, 0.15) is 30.6 Å². The smallest absolute Gasteiger partial charge is 0.253 e. The van der Waals surface area contributed by atoms with E-state index >= 15 is 0 Å². The fraction of sp³-hybridized carbons (Fsp3) is 0.438. The third kappa shape index (κ3) is 3.39. The Morgan fingerprint density at radius 2 is 2.10 bits per heavy atom. The number of aromatic nitrogens is 1. The first kappa shape index (κ1) is 14.6. The van der Waals surface area contributed by atoms with E-state index in [1.165, 1.54) is 0 Å². The third-order valence-electron chi connectivity index (χ3n) is 3.53. The van der Waals surface area contributed by atoms with E-state index in [1.54, 1.807) is 0 Å². The van der Waals surface area contributed by atoms with Gasteiger partial charge in [0.15, 0.2) is 0 Å². The number of hydrogen-bond donors (Lipinski definition) is 2. The van der Waals surface area contributed by atoms with Crippen LogP contribution in [0.25, 0.3) is 10.9 Å². The highest BCUT2D eigenvalue weighted by atomic mass is 16.1. The molecule has 1 amide bonds. The third-order valence-corrected chi connectivity index (χ3v) is 3.53. The predicted molar refractivity (Wildman–Crippen MR) is 83.0 cm³/mol. The summed E-state index contributed by atoms with van der Waals surface area (Å²) in [4.78, 5) is 17.7. The van der Waals surface area contributed by atoms with Gasteiger partial charge in [0.05, 0.1) is 11.1 Å². The van der Waals surface area contributed by atoms with E-state index in [4.69, 9.17) is 0 Å². The van der Waals surface area contributed by atoms with Crippen molar-refractivity contribution < 1.29 is 4.79 Å². The summed E-state index contributed by atoms with van der Waals surface area (Å²) in [5.41, 5.74) is 1.62. The number of likely N-dealkylation sites (N-methyl/N-ethyl adjacent to an activating group) is 1. The van der Waals surface area contributed by atoms with Crippen LogP contribution in [0.2, 0.25) is 0 Å². The van der Waals surface area contributed by atoms with Gasteiger partial charge < -0.3 is 15.2 Å². The van der Waals surface area contributed by atoms with Crippen LogP contribution in [0, 0.1) is 0 Å². The second-order valence-electron chi connectivity index (χ2n) is 4.94. The molecule has 0 saturated heterocycles. The minimum Gasteiger partial charge on any atom is -0.361 e. The van der Waals surface area contributed by atoms with Crippen molar-refractivity contribution in [3.8, 4) is 0 Å². The lowest BCUT2D eigenvalue weighted by molar-refractivity contribution is 0.0950.